The van der Waals surface area contributed by atoms with Gasteiger partial charge in [-0.15, -0.1) is 0 Å². The van der Waals surface area contributed by atoms with Crippen molar-refractivity contribution in [3.05, 3.63) is 35.1 Å². The van der Waals surface area contributed by atoms with Gasteiger partial charge in [0.2, 0.25) is 0 Å². The molecule has 7 heteroatoms. The second-order valence-corrected chi connectivity index (χ2v) is 3.29. The van der Waals surface area contributed by atoms with Gasteiger partial charge in [-0.25, -0.2) is 9.82 Å². The van der Waals surface area contributed by atoms with Gasteiger partial charge in [0.25, 0.3) is 0 Å². The van der Waals surface area contributed by atoms with Crippen molar-refractivity contribution in [2.24, 2.45) is 5.84 Å². The Labute approximate surface area is 94.4 Å². The molecule has 0 radical (unpaired) electrons. The number of hydrazine groups is 1. The van der Waals surface area contributed by atoms with E-state index in [1.165, 1.54) is 6.07 Å². The summed E-state index contributed by atoms with van der Waals surface area (Å²) in [5.74, 6) is 3.77. The zero-order valence-corrected chi connectivity index (χ0v) is 8.70. The van der Waals surface area contributed by atoms with Gasteiger partial charge in [0.05, 0.1) is 11.6 Å². The van der Waals surface area contributed by atoms with Gasteiger partial charge in [0.15, 0.2) is 0 Å². The monoisotopic (exact) mass is 252 g/mol. The smallest absolute Gasteiger partial charge is 0.271 e. The first-order chi connectivity index (χ1) is 7.40. The third-order valence-electron chi connectivity index (χ3n) is 1.97. The molecular formula is C9H8F4N2S. The fraction of sp³-hybridized carbons (Fsp3) is 0.222. The summed E-state index contributed by atoms with van der Waals surface area (Å²) in [6.07, 6.45) is -4.74. The highest BCUT2D eigenvalue weighted by Gasteiger charge is 2.34. The van der Waals surface area contributed by atoms with E-state index in [2.05, 4.69) is 17.6 Å². The summed E-state index contributed by atoms with van der Waals surface area (Å²) in [4.78, 5) is 0. The van der Waals surface area contributed by atoms with E-state index in [1.807, 2.05) is 0 Å². The standard InChI is InChI=1S/C9H8F4N2S/c10-7-2-1-5(8(4-16)15-14)3-6(7)9(11,12)13/h1-4,8,15H,14H2. The minimum atomic E-state index is -4.74. The van der Waals surface area contributed by atoms with Gasteiger partial charge in [0, 0.05) is 5.37 Å². The first-order valence-electron chi connectivity index (χ1n) is 4.18. The Hall–Kier alpha value is -1.05. The van der Waals surface area contributed by atoms with Crippen LogP contribution in [-0.2, 0) is 6.18 Å². The highest BCUT2D eigenvalue weighted by atomic mass is 32.1. The predicted octanol–water partition coefficient (Wildman–Crippen LogP) is 2.35. The van der Waals surface area contributed by atoms with E-state index in [1.54, 1.807) is 0 Å². The van der Waals surface area contributed by atoms with Crippen molar-refractivity contribution < 1.29 is 17.6 Å². The number of hydrogen-bond acceptors (Lipinski definition) is 3. The van der Waals surface area contributed by atoms with E-state index in [0.717, 1.165) is 11.4 Å². The molecule has 0 aliphatic heterocycles. The lowest BCUT2D eigenvalue weighted by atomic mass is 10.0. The number of alkyl halides is 3. The molecule has 1 aromatic carbocycles. The van der Waals surface area contributed by atoms with E-state index in [9.17, 15) is 17.6 Å². The van der Waals surface area contributed by atoms with Crippen molar-refractivity contribution in [3.8, 4) is 0 Å². The summed E-state index contributed by atoms with van der Waals surface area (Å²) in [5, 5.41) is 1.16. The average Bonchev–Trinajstić information content (AvgIpc) is 2.20. The number of thiocarbonyl (C=S) groups is 1. The van der Waals surface area contributed by atoms with Crippen LogP contribution in [0.15, 0.2) is 18.2 Å². The van der Waals surface area contributed by atoms with Crippen molar-refractivity contribution in [2.75, 3.05) is 0 Å². The first kappa shape index (κ1) is 13.0. The molecule has 1 aromatic rings. The lowest BCUT2D eigenvalue weighted by Crippen LogP contribution is -2.28. The molecule has 0 fully saturated rings. The highest BCUT2D eigenvalue weighted by Crippen LogP contribution is 2.32. The quantitative estimate of drug-likeness (QED) is 0.375. The van der Waals surface area contributed by atoms with Crippen LogP contribution in [0.4, 0.5) is 17.6 Å². The maximum Gasteiger partial charge on any atom is 0.419 e. The molecule has 0 saturated carbocycles. The zero-order valence-electron chi connectivity index (χ0n) is 7.88. The number of benzene rings is 1. The molecule has 1 atom stereocenters. The molecule has 88 valence electrons. The van der Waals surface area contributed by atoms with Gasteiger partial charge in [-0.2, -0.15) is 13.2 Å². The van der Waals surface area contributed by atoms with E-state index in [0.29, 0.717) is 6.07 Å². The maximum absolute atomic E-state index is 12.9. The molecule has 0 aliphatic rings. The zero-order chi connectivity index (χ0) is 12.3. The predicted molar refractivity (Wildman–Crippen MR) is 55.1 cm³/mol. The van der Waals surface area contributed by atoms with Crippen LogP contribution < -0.4 is 11.3 Å². The number of nitrogens with two attached hydrogens (primary N) is 1. The fourth-order valence-corrected chi connectivity index (χ4v) is 1.40. The first-order valence-corrected chi connectivity index (χ1v) is 4.65. The number of nitrogens with one attached hydrogen (secondary N) is 1. The number of halogens is 4. The molecule has 16 heavy (non-hydrogen) atoms. The second-order valence-electron chi connectivity index (χ2n) is 3.02. The lowest BCUT2D eigenvalue weighted by Gasteiger charge is -2.14. The minimum absolute atomic E-state index is 0.159. The van der Waals surface area contributed by atoms with Crippen molar-refractivity contribution in [2.45, 2.75) is 12.2 Å². The Morgan fingerprint density at radius 2 is 2.00 bits per heavy atom. The molecule has 3 N–H and O–H groups in total. The van der Waals surface area contributed by atoms with Crippen LogP contribution >= 0.6 is 12.2 Å². The van der Waals surface area contributed by atoms with Crippen molar-refractivity contribution >= 4 is 17.6 Å². The molecule has 0 amide bonds. The molecule has 2 nitrogen and oxygen atoms in total. The van der Waals surface area contributed by atoms with Crippen molar-refractivity contribution in [3.63, 3.8) is 0 Å². The molecule has 0 heterocycles. The van der Waals surface area contributed by atoms with Crippen LogP contribution in [-0.4, -0.2) is 5.37 Å². The number of rotatable bonds is 3. The van der Waals surface area contributed by atoms with Crippen LogP contribution in [0.1, 0.15) is 17.2 Å². The summed E-state index contributed by atoms with van der Waals surface area (Å²) in [6.45, 7) is 0. The fourth-order valence-electron chi connectivity index (χ4n) is 1.17. The topological polar surface area (TPSA) is 38.0 Å². The van der Waals surface area contributed by atoms with Gasteiger partial charge in [0.1, 0.15) is 5.82 Å². The van der Waals surface area contributed by atoms with Crippen LogP contribution in [0.25, 0.3) is 0 Å². The van der Waals surface area contributed by atoms with Crippen LogP contribution in [0.5, 0.6) is 0 Å². The van der Waals surface area contributed by atoms with Crippen molar-refractivity contribution in [1.82, 2.24) is 5.43 Å². The van der Waals surface area contributed by atoms with E-state index in [4.69, 9.17) is 5.84 Å². The summed E-state index contributed by atoms with van der Waals surface area (Å²) in [7, 11) is 0. The van der Waals surface area contributed by atoms with E-state index < -0.39 is 23.6 Å². The normalized spacial score (nSPS) is 13.6. The lowest BCUT2D eigenvalue weighted by molar-refractivity contribution is -0.140. The van der Waals surface area contributed by atoms with Crippen LogP contribution in [0.3, 0.4) is 0 Å². The van der Waals surface area contributed by atoms with Crippen LogP contribution in [0, 0.1) is 5.82 Å². The Kier molecular flexibility index (Phi) is 3.95. The van der Waals surface area contributed by atoms with Gasteiger partial charge in [-0.05, 0) is 17.7 Å². The average molecular weight is 252 g/mol. The molecule has 1 unspecified atom stereocenters. The molecule has 0 spiro atoms. The Bertz CT molecular complexity index is 392. The Balaban J connectivity index is 3.22. The number of hydrogen-bond donors (Lipinski definition) is 2. The van der Waals surface area contributed by atoms with Crippen LogP contribution in [0.2, 0.25) is 0 Å². The SMILES string of the molecule is NNC(C=S)c1ccc(F)c(C(F)(F)F)c1. The summed E-state index contributed by atoms with van der Waals surface area (Å²) >= 11 is 4.58. The summed E-state index contributed by atoms with van der Waals surface area (Å²) in [6, 6.07) is 1.89. The maximum atomic E-state index is 12.9. The molecule has 0 saturated heterocycles. The Morgan fingerprint density at radius 1 is 1.38 bits per heavy atom. The van der Waals surface area contributed by atoms with Gasteiger partial charge < -0.3 is 0 Å². The summed E-state index contributed by atoms with van der Waals surface area (Å²) in [5.41, 5.74) is 1.04. The molecular weight excluding hydrogens is 244 g/mol. The third-order valence-corrected chi connectivity index (χ3v) is 2.24. The van der Waals surface area contributed by atoms with Gasteiger partial charge in [-0.3, -0.25) is 5.84 Å². The molecule has 0 bridgehead atoms. The molecule has 0 aliphatic carbocycles. The Morgan fingerprint density at radius 3 is 2.44 bits per heavy atom. The van der Waals surface area contributed by atoms with Gasteiger partial charge in [-0.1, -0.05) is 18.3 Å². The van der Waals surface area contributed by atoms with Gasteiger partial charge >= 0.3 is 6.18 Å². The molecule has 1 rings (SSSR count). The highest BCUT2D eigenvalue weighted by molar-refractivity contribution is 7.79. The third kappa shape index (κ3) is 2.75. The van der Waals surface area contributed by atoms with Crippen molar-refractivity contribution in [1.29, 1.82) is 0 Å². The van der Waals surface area contributed by atoms with E-state index >= 15 is 0 Å². The largest absolute Gasteiger partial charge is 0.419 e. The summed E-state index contributed by atoms with van der Waals surface area (Å²) < 4.78 is 50.0. The van der Waals surface area contributed by atoms with E-state index in [-0.39, 0.29) is 5.56 Å². The molecule has 0 aromatic heterocycles. The second kappa shape index (κ2) is 4.86. The minimum Gasteiger partial charge on any atom is -0.271 e.